The van der Waals surface area contributed by atoms with E-state index in [0.717, 1.165) is 19.6 Å². The van der Waals surface area contributed by atoms with Crippen molar-refractivity contribution in [3.63, 3.8) is 0 Å². The number of hydrogen-bond acceptors (Lipinski definition) is 3. The van der Waals surface area contributed by atoms with Crippen molar-refractivity contribution in [1.29, 1.82) is 0 Å². The van der Waals surface area contributed by atoms with Gasteiger partial charge in [0.1, 0.15) is 0 Å². The summed E-state index contributed by atoms with van der Waals surface area (Å²) in [4.78, 5) is 4.84. The van der Waals surface area contributed by atoms with Crippen LogP contribution >= 0.6 is 0 Å². The second kappa shape index (κ2) is 5.69. The molecule has 0 aromatic rings. The van der Waals surface area contributed by atoms with E-state index in [0.29, 0.717) is 12.1 Å². The Morgan fingerprint density at radius 3 is 2.57 bits per heavy atom. The summed E-state index contributed by atoms with van der Waals surface area (Å²) in [6.07, 6.45) is 2.42. The third-order valence-electron chi connectivity index (χ3n) is 3.28. The molecule has 0 aromatic carbocycles. The highest BCUT2D eigenvalue weighted by Gasteiger charge is 2.29. The predicted molar refractivity (Wildman–Crippen MR) is 59.4 cm³/mol. The molecule has 84 valence electrons. The maximum absolute atomic E-state index is 9.00. The van der Waals surface area contributed by atoms with Crippen molar-refractivity contribution in [1.82, 2.24) is 9.80 Å². The number of rotatable bonds is 5. The van der Waals surface area contributed by atoms with E-state index in [1.54, 1.807) is 0 Å². The number of likely N-dealkylation sites (tertiary alicyclic amines) is 1. The van der Waals surface area contributed by atoms with Crippen LogP contribution in [0.1, 0.15) is 26.7 Å². The van der Waals surface area contributed by atoms with Crippen LogP contribution in [0.2, 0.25) is 0 Å². The summed E-state index contributed by atoms with van der Waals surface area (Å²) in [6, 6.07) is 1.35. The molecule has 0 spiro atoms. The van der Waals surface area contributed by atoms with Gasteiger partial charge >= 0.3 is 0 Å². The minimum atomic E-state index is 0.286. The first-order valence-electron chi connectivity index (χ1n) is 5.74. The molecule has 0 aromatic heterocycles. The molecule has 1 aliphatic heterocycles. The number of aliphatic hydroxyl groups excluding tert-OH is 1. The van der Waals surface area contributed by atoms with Crippen molar-refractivity contribution in [2.45, 2.75) is 38.8 Å². The van der Waals surface area contributed by atoms with Gasteiger partial charge in [-0.25, -0.2) is 0 Å². The summed E-state index contributed by atoms with van der Waals surface area (Å²) in [5.41, 5.74) is 0. The molecule has 1 N–H and O–H groups in total. The molecule has 0 radical (unpaired) electrons. The Labute approximate surface area is 87.7 Å². The third-order valence-corrected chi connectivity index (χ3v) is 3.28. The molecule has 2 atom stereocenters. The molecule has 1 fully saturated rings. The summed E-state index contributed by atoms with van der Waals surface area (Å²) in [7, 11) is 2.19. The molecular formula is C11H24N2O. The molecule has 1 rings (SSSR count). The van der Waals surface area contributed by atoms with E-state index in [9.17, 15) is 0 Å². The second-order valence-electron chi connectivity index (χ2n) is 4.44. The van der Waals surface area contributed by atoms with Gasteiger partial charge in [0.25, 0.3) is 0 Å². The topological polar surface area (TPSA) is 26.7 Å². The summed E-state index contributed by atoms with van der Waals surface area (Å²) in [5, 5.41) is 9.00. The predicted octanol–water partition coefficient (Wildman–Crippen LogP) is 0.783. The van der Waals surface area contributed by atoms with Crippen LogP contribution in [0.5, 0.6) is 0 Å². The van der Waals surface area contributed by atoms with E-state index < -0.39 is 0 Å². The van der Waals surface area contributed by atoms with Gasteiger partial charge in [0, 0.05) is 25.2 Å². The number of likely N-dealkylation sites (N-methyl/N-ethyl adjacent to an activating group) is 1. The lowest BCUT2D eigenvalue weighted by Gasteiger charge is -2.27. The Morgan fingerprint density at radius 1 is 1.43 bits per heavy atom. The number of hydrogen-bond donors (Lipinski definition) is 1. The summed E-state index contributed by atoms with van der Waals surface area (Å²) < 4.78 is 0. The first kappa shape index (κ1) is 12.0. The Morgan fingerprint density at radius 2 is 2.14 bits per heavy atom. The van der Waals surface area contributed by atoms with Gasteiger partial charge in [0.15, 0.2) is 0 Å². The van der Waals surface area contributed by atoms with Gasteiger partial charge in [-0.2, -0.15) is 0 Å². The molecule has 0 bridgehead atoms. The van der Waals surface area contributed by atoms with Crippen LogP contribution in [0.15, 0.2) is 0 Å². The highest BCUT2D eigenvalue weighted by atomic mass is 16.3. The molecule has 3 nitrogen and oxygen atoms in total. The Kier molecular flexibility index (Phi) is 4.85. The minimum absolute atomic E-state index is 0.286. The van der Waals surface area contributed by atoms with Gasteiger partial charge in [-0.1, -0.05) is 6.92 Å². The molecular weight excluding hydrogens is 176 g/mol. The molecule has 0 saturated carbocycles. The number of nitrogens with zero attached hydrogens (tertiary/aromatic N) is 2. The average molecular weight is 200 g/mol. The van der Waals surface area contributed by atoms with E-state index in [1.165, 1.54) is 12.8 Å². The fraction of sp³-hybridized carbons (Fsp3) is 1.00. The van der Waals surface area contributed by atoms with Gasteiger partial charge in [-0.05, 0) is 33.4 Å². The van der Waals surface area contributed by atoms with Crippen molar-refractivity contribution in [3.05, 3.63) is 0 Å². The van der Waals surface area contributed by atoms with Gasteiger partial charge in [-0.3, -0.25) is 4.90 Å². The van der Waals surface area contributed by atoms with E-state index in [4.69, 9.17) is 5.11 Å². The summed E-state index contributed by atoms with van der Waals surface area (Å²) in [6.45, 7) is 7.87. The minimum Gasteiger partial charge on any atom is -0.395 e. The van der Waals surface area contributed by atoms with Crippen LogP contribution in [0.3, 0.4) is 0 Å². The smallest absolute Gasteiger partial charge is 0.0558 e. The second-order valence-corrected chi connectivity index (χ2v) is 4.44. The molecule has 1 aliphatic rings. The lowest BCUT2D eigenvalue weighted by Crippen LogP contribution is -2.39. The molecule has 0 aliphatic carbocycles. The zero-order valence-electron chi connectivity index (χ0n) is 9.74. The highest BCUT2D eigenvalue weighted by molar-refractivity contribution is 4.86. The Bertz CT molecular complexity index is 147. The zero-order valence-corrected chi connectivity index (χ0v) is 9.74. The number of aliphatic hydroxyl groups is 1. The molecule has 0 amide bonds. The molecule has 1 saturated heterocycles. The fourth-order valence-electron chi connectivity index (χ4n) is 2.32. The van der Waals surface area contributed by atoms with Crippen molar-refractivity contribution >= 4 is 0 Å². The zero-order chi connectivity index (χ0) is 10.6. The maximum Gasteiger partial charge on any atom is 0.0558 e. The molecule has 3 heteroatoms. The van der Waals surface area contributed by atoms with Crippen LogP contribution < -0.4 is 0 Å². The first-order chi connectivity index (χ1) is 6.69. The summed E-state index contributed by atoms with van der Waals surface area (Å²) in [5.74, 6) is 0. The van der Waals surface area contributed by atoms with E-state index in [-0.39, 0.29) is 6.61 Å². The van der Waals surface area contributed by atoms with E-state index >= 15 is 0 Å². The SMILES string of the molecule is CCCN(CCO)C1CC(C)N(C)C1. The lowest BCUT2D eigenvalue weighted by molar-refractivity contribution is 0.152. The largest absolute Gasteiger partial charge is 0.395 e. The van der Waals surface area contributed by atoms with Crippen LogP contribution in [0.25, 0.3) is 0 Å². The lowest BCUT2D eigenvalue weighted by atomic mass is 10.1. The van der Waals surface area contributed by atoms with Gasteiger partial charge < -0.3 is 10.0 Å². The van der Waals surface area contributed by atoms with Crippen molar-refractivity contribution < 1.29 is 5.11 Å². The average Bonchev–Trinajstić information content (AvgIpc) is 2.47. The van der Waals surface area contributed by atoms with E-state index in [1.807, 2.05) is 0 Å². The maximum atomic E-state index is 9.00. The van der Waals surface area contributed by atoms with Crippen molar-refractivity contribution in [3.8, 4) is 0 Å². The standard InChI is InChI=1S/C11H24N2O/c1-4-5-13(6-7-14)11-8-10(2)12(3)9-11/h10-11,14H,4-9H2,1-3H3. The molecule has 14 heavy (non-hydrogen) atoms. The monoisotopic (exact) mass is 200 g/mol. The quantitative estimate of drug-likeness (QED) is 0.710. The van der Waals surface area contributed by atoms with Crippen molar-refractivity contribution in [2.24, 2.45) is 0 Å². The van der Waals surface area contributed by atoms with Crippen LogP contribution in [0, 0.1) is 0 Å². The fourth-order valence-corrected chi connectivity index (χ4v) is 2.32. The Balaban J connectivity index is 2.43. The highest BCUT2D eigenvalue weighted by Crippen LogP contribution is 2.20. The van der Waals surface area contributed by atoms with Crippen LogP contribution in [-0.4, -0.2) is 60.3 Å². The Hall–Kier alpha value is -0.120. The normalized spacial score (nSPS) is 28.9. The third kappa shape index (κ3) is 2.94. The molecule has 2 unspecified atom stereocenters. The van der Waals surface area contributed by atoms with Gasteiger partial charge in [0.05, 0.1) is 6.61 Å². The van der Waals surface area contributed by atoms with Gasteiger partial charge in [0.2, 0.25) is 0 Å². The van der Waals surface area contributed by atoms with Gasteiger partial charge in [-0.15, -0.1) is 0 Å². The van der Waals surface area contributed by atoms with Crippen LogP contribution in [0.4, 0.5) is 0 Å². The molecule has 1 heterocycles. The first-order valence-corrected chi connectivity index (χ1v) is 5.74. The summed E-state index contributed by atoms with van der Waals surface area (Å²) >= 11 is 0. The van der Waals surface area contributed by atoms with E-state index in [2.05, 4.69) is 30.7 Å². The van der Waals surface area contributed by atoms with Crippen molar-refractivity contribution in [2.75, 3.05) is 33.3 Å². The van der Waals surface area contributed by atoms with Crippen LogP contribution in [-0.2, 0) is 0 Å².